The van der Waals surface area contributed by atoms with Crippen LogP contribution in [0.4, 0.5) is 10.1 Å². The van der Waals surface area contributed by atoms with Crippen molar-refractivity contribution in [1.29, 1.82) is 0 Å². The number of aromatic nitrogens is 2. The predicted molar refractivity (Wildman–Crippen MR) is 149 cm³/mol. The SMILES string of the molecule is C=C1CC=CC(c2cc(NC(=O)c3ccnc(C(C)(C)F)c3)ccc2C)=CC1c1ccnc(C(=O)NC)c1. The summed E-state index contributed by atoms with van der Waals surface area (Å²) in [4.78, 5) is 33.4. The minimum absolute atomic E-state index is 0.122. The fraction of sp³-hybridized carbons (Fsp3) is 0.226. The van der Waals surface area contributed by atoms with Crippen molar-refractivity contribution in [2.24, 2.45) is 0 Å². The Morgan fingerprint density at radius 3 is 2.55 bits per heavy atom. The number of carbonyl (C=O) groups excluding carboxylic acids is 2. The Bertz CT molecular complexity index is 1470. The first kappa shape index (κ1) is 26.7. The van der Waals surface area contributed by atoms with Crippen LogP contribution in [0.1, 0.15) is 69.4 Å². The van der Waals surface area contributed by atoms with Crippen molar-refractivity contribution >= 4 is 23.1 Å². The number of benzene rings is 1. The van der Waals surface area contributed by atoms with Gasteiger partial charge in [-0.2, -0.15) is 0 Å². The van der Waals surface area contributed by atoms with Crippen molar-refractivity contribution in [3.63, 3.8) is 0 Å². The number of amides is 2. The number of allylic oxidation sites excluding steroid dienone is 5. The van der Waals surface area contributed by atoms with Gasteiger partial charge in [-0.25, -0.2) is 4.39 Å². The van der Waals surface area contributed by atoms with Crippen molar-refractivity contribution in [3.8, 4) is 0 Å². The molecule has 1 atom stereocenters. The maximum absolute atomic E-state index is 14.4. The Kier molecular flexibility index (Phi) is 7.67. The molecule has 4 rings (SSSR count). The Balaban J connectivity index is 1.66. The van der Waals surface area contributed by atoms with E-state index in [1.807, 2.05) is 31.2 Å². The quantitative estimate of drug-likeness (QED) is 0.382. The lowest BCUT2D eigenvalue weighted by Crippen LogP contribution is -2.19. The molecule has 2 N–H and O–H groups in total. The number of rotatable bonds is 6. The molecule has 2 heterocycles. The summed E-state index contributed by atoms with van der Waals surface area (Å²) in [6, 6.07) is 12.4. The molecule has 0 bridgehead atoms. The van der Waals surface area contributed by atoms with E-state index in [1.54, 1.807) is 25.4 Å². The summed E-state index contributed by atoms with van der Waals surface area (Å²) in [7, 11) is 1.58. The number of hydrogen-bond donors (Lipinski definition) is 2. The van der Waals surface area contributed by atoms with E-state index in [2.05, 4.69) is 45.4 Å². The first-order valence-corrected chi connectivity index (χ1v) is 12.4. The second-order valence-corrected chi connectivity index (χ2v) is 9.80. The fourth-order valence-corrected chi connectivity index (χ4v) is 4.33. The van der Waals surface area contributed by atoms with Crippen LogP contribution in [0.5, 0.6) is 0 Å². The summed E-state index contributed by atoms with van der Waals surface area (Å²) in [5.74, 6) is -0.713. The lowest BCUT2D eigenvalue weighted by molar-refractivity contribution is 0.0957. The lowest BCUT2D eigenvalue weighted by Gasteiger charge is -2.17. The van der Waals surface area contributed by atoms with Gasteiger partial charge in [0.2, 0.25) is 0 Å². The van der Waals surface area contributed by atoms with Crippen molar-refractivity contribution < 1.29 is 14.0 Å². The smallest absolute Gasteiger partial charge is 0.269 e. The van der Waals surface area contributed by atoms with E-state index in [1.165, 1.54) is 26.1 Å². The van der Waals surface area contributed by atoms with Gasteiger partial charge in [-0.05, 0) is 85.9 Å². The van der Waals surface area contributed by atoms with Gasteiger partial charge in [0.05, 0.1) is 5.69 Å². The average molecular weight is 511 g/mol. The maximum atomic E-state index is 14.4. The highest BCUT2D eigenvalue weighted by Crippen LogP contribution is 2.35. The zero-order valence-electron chi connectivity index (χ0n) is 22.0. The molecule has 194 valence electrons. The van der Waals surface area contributed by atoms with E-state index < -0.39 is 5.67 Å². The summed E-state index contributed by atoms with van der Waals surface area (Å²) in [5, 5.41) is 5.54. The molecule has 1 aromatic carbocycles. The Morgan fingerprint density at radius 2 is 1.82 bits per heavy atom. The van der Waals surface area contributed by atoms with Crippen LogP contribution < -0.4 is 10.6 Å². The van der Waals surface area contributed by atoms with E-state index in [-0.39, 0.29) is 23.4 Å². The number of alkyl halides is 1. The number of pyridine rings is 2. The third-order valence-corrected chi connectivity index (χ3v) is 6.50. The lowest BCUT2D eigenvalue weighted by atomic mass is 9.88. The number of carbonyl (C=O) groups is 2. The molecule has 1 unspecified atom stereocenters. The van der Waals surface area contributed by atoms with Crippen molar-refractivity contribution in [2.75, 3.05) is 12.4 Å². The van der Waals surface area contributed by atoms with Gasteiger partial charge in [0, 0.05) is 36.6 Å². The van der Waals surface area contributed by atoms with E-state index in [4.69, 9.17) is 0 Å². The highest BCUT2D eigenvalue weighted by atomic mass is 19.1. The first-order chi connectivity index (χ1) is 18.1. The molecule has 1 aliphatic rings. The van der Waals surface area contributed by atoms with Gasteiger partial charge in [-0.1, -0.05) is 36.4 Å². The summed E-state index contributed by atoms with van der Waals surface area (Å²) in [6.45, 7) is 9.11. The van der Waals surface area contributed by atoms with E-state index >= 15 is 0 Å². The van der Waals surface area contributed by atoms with Crippen LogP contribution in [0.15, 0.2) is 85.2 Å². The second-order valence-electron chi connectivity index (χ2n) is 9.80. The molecular weight excluding hydrogens is 479 g/mol. The van der Waals surface area contributed by atoms with Gasteiger partial charge >= 0.3 is 0 Å². The molecule has 2 aromatic heterocycles. The normalized spacial score (nSPS) is 15.4. The van der Waals surface area contributed by atoms with Gasteiger partial charge in [0.15, 0.2) is 0 Å². The van der Waals surface area contributed by atoms with Gasteiger partial charge in [0.1, 0.15) is 11.4 Å². The fourth-order valence-electron chi connectivity index (χ4n) is 4.33. The summed E-state index contributed by atoms with van der Waals surface area (Å²) < 4.78 is 14.4. The van der Waals surface area contributed by atoms with Crippen LogP contribution >= 0.6 is 0 Å². The number of halogens is 1. The molecule has 6 nitrogen and oxygen atoms in total. The molecule has 0 saturated heterocycles. The highest BCUT2D eigenvalue weighted by Gasteiger charge is 2.22. The Hall–Kier alpha value is -4.39. The predicted octanol–water partition coefficient (Wildman–Crippen LogP) is 6.28. The number of anilines is 1. The van der Waals surface area contributed by atoms with Crippen LogP contribution in [-0.4, -0.2) is 28.8 Å². The molecule has 0 saturated carbocycles. The third kappa shape index (κ3) is 5.94. The van der Waals surface area contributed by atoms with Crippen molar-refractivity contribution in [2.45, 2.75) is 38.8 Å². The summed E-state index contributed by atoms with van der Waals surface area (Å²) in [6.07, 6.45) is 10.0. The van der Waals surface area contributed by atoms with Crippen molar-refractivity contribution in [3.05, 3.63) is 119 Å². The second kappa shape index (κ2) is 10.9. The average Bonchev–Trinajstić information content (AvgIpc) is 3.10. The standard InChI is InChI=1S/C31H31FN4O2/c1-19-7-6-8-21(15-25(19)22-11-13-34-27(16-22)30(38)33-5)26-18-24(10-9-20(26)2)36-29(37)23-12-14-35-28(17-23)31(3,4)32/h6,8-18,25H,1,7H2,2-5H3,(H,33,38)(H,36,37). The topological polar surface area (TPSA) is 84.0 Å². The van der Waals surface area contributed by atoms with E-state index in [0.29, 0.717) is 23.4 Å². The first-order valence-electron chi connectivity index (χ1n) is 12.4. The summed E-state index contributed by atoms with van der Waals surface area (Å²) >= 11 is 0. The van der Waals surface area contributed by atoms with Gasteiger partial charge in [-0.3, -0.25) is 19.6 Å². The largest absolute Gasteiger partial charge is 0.354 e. The van der Waals surface area contributed by atoms with Crippen molar-refractivity contribution in [1.82, 2.24) is 15.3 Å². The minimum Gasteiger partial charge on any atom is -0.354 e. The summed E-state index contributed by atoms with van der Waals surface area (Å²) in [5.41, 5.74) is 4.74. The molecule has 0 radical (unpaired) electrons. The molecule has 1 aliphatic carbocycles. The maximum Gasteiger partial charge on any atom is 0.269 e. The zero-order valence-corrected chi connectivity index (χ0v) is 22.0. The molecule has 0 aliphatic heterocycles. The van der Waals surface area contributed by atoms with E-state index in [9.17, 15) is 14.0 Å². The van der Waals surface area contributed by atoms with Crippen LogP contribution in [0, 0.1) is 6.92 Å². The molecule has 0 spiro atoms. The van der Waals surface area contributed by atoms with Gasteiger partial charge in [0.25, 0.3) is 11.8 Å². The van der Waals surface area contributed by atoms with Crippen LogP contribution in [0.2, 0.25) is 0 Å². The number of aryl methyl sites for hydroxylation is 1. The number of nitrogens with one attached hydrogen (secondary N) is 2. The zero-order chi connectivity index (χ0) is 27.4. The van der Waals surface area contributed by atoms with Gasteiger partial charge in [-0.15, -0.1) is 0 Å². The molecule has 38 heavy (non-hydrogen) atoms. The van der Waals surface area contributed by atoms with Crippen LogP contribution in [0.25, 0.3) is 5.57 Å². The van der Waals surface area contributed by atoms with Crippen LogP contribution in [0.3, 0.4) is 0 Å². The third-order valence-electron chi connectivity index (χ3n) is 6.50. The van der Waals surface area contributed by atoms with E-state index in [0.717, 1.165) is 27.8 Å². The highest BCUT2D eigenvalue weighted by molar-refractivity contribution is 6.04. The van der Waals surface area contributed by atoms with Gasteiger partial charge < -0.3 is 10.6 Å². The molecule has 3 aromatic rings. The monoisotopic (exact) mass is 510 g/mol. The Labute approximate surface area is 222 Å². The Morgan fingerprint density at radius 1 is 1.05 bits per heavy atom. The van der Waals surface area contributed by atoms with Crippen LogP contribution in [-0.2, 0) is 5.67 Å². The molecule has 0 fully saturated rings. The number of hydrogen-bond acceptors (Lipinski definition) is 4. The molecule has 7 heteroatoms. The molecular formula is C31H31FN4O2. The minimum atomic E-state index is -1.65. The number of nitrogens with zero attached hydrogens (tertiary/aromatic N) is 2. The molecule has 2 amide bonds.